The topological polar surface area (TPSA) is 87.7 Å². The summed E-state index contributed by atoms with van der Waals surface area (Å²) in [5.41, 5.74) is 3.97. The fraction of sp³-hybridized carbons (Fsp3) is 0.241. The minimum Gasteiger partial charge on any atom is -0.507 e. The summed E-state index contributed by atoms with van der Waals surface area (Å²) in [6, 6.07) is 19.7. The number of aromatic amines is 1. The second-order valence-corrected chi connectivity index (χ2v) is 9.89. The number of halogens is 1. The van der Waals surface area contributed by atoms with Crippen molar-refractivity contribution >= 4 is 17.5 Å². The molecule has 1 unspecified atom stereocenters. The molecule has 3 aromatic carbocycles. The molecule has 0 fully saturated rings. The molecule has 0 aliphatic carbocycles. The molecule has 0 spiro atoms. The Morgan fingerprint density at radius 1 is 1.08 bits per heavy atom. The van der Waals surface area contributed by atoms with Crippen LogP contribution in [0.3, 0.4) is 0 Å². The van der Waals surface area contributed by atoms with Gasteiger partial charge in [-0.25, -0.2) is 0 Å². The van der Waals surface area contributed by atoms with Gasteiger partial charge in [-0.2, -0.15) is 5.10 Å². The number of methoxy groups -OCH3 is 1. The number of nitrogens with zero attached hydrogens (tertiary/aromatic N) is 2. The predicted molar refractivity (Wildman–Crippen MR) is 142 cm³/mol. The Kier molecular flexibility index (Phi) is 6.80. The molecule has 0 bridgehead atoms. The van der Waals surface area contributed by atoms with Gasteiger partial charge in [0.25, 0.3) is 5.91 Å². The lowest BCUT2D eigenvalue weighted by Gasteiger charge is -2.27. The lowest BCUT2D eigenvalue weighted by atomic mass is 9.95. The van der Waals surface area contributed by atoms with Crippen molar-refractivity contribution in [3.05, 3.63) is 94.1 Å². The fourth-order valence-corrected chi connectivity index (χ4v) is 4.73. The second-order valence-electron chi connectivity index (χ2n) is 9.46. The highest BCUT2D eigenvalue weighted by atomic mass is 35.5. The number of fused-ring (bicyclic) bond motifs is 1. The van der Waals surface area contributed by atoms with E-state index in [4.69, 9.17) is 21.1 Å². The van der Waals surface area contributed by atoms with Crippen LogP contribution >= 0.6 is 11.6 Å². The Labute approximate surface area is 220 Å². The minimum absolute atomic E-state index is 0.0918. The number of aromatic hydroxyl groups is 1. The largest absolute Gasteiger partial charge is 0.507 e. The number of aromatic nitrogens is 2. The normalized spacial score (nSPS) is 14.8. The lowest BCUT2D eigenvalue weighted by Crippen LogP contribution is -2.29. The van der Waals surface area contributed by atoms with Crippen molar-refractivity contribution in [2.45, 2.75) is 26.4 Å². The zero-order valence-electron chi connectivity index (χ0n) is 20.9. The zero-order valence-corrected chi connectivity index (χ0v) is 21.6. The lowest BCUT2D eigenvalue weighted by molar-refractivity contribution is 0.0730. The molecule has 2 heterocycles. The van der Waals surface area contributed by atoms with Gasteiger partial charge in [-0.1, -0.05) is 55.8 Å². The summed E-state index contributed by atoms with van der Waals surface area (Å²) in [6.07, 6.45) is 0. The van der Waals surface area contributed by atoms with Gasteiger partial charge in [0.15, 0.2) is 11.5 Å². The van der Waals surface area contributed by atoms with Crippen molar-refractivity contribution in [2.75, 3.05) is 13.7 Å². The molecule has 0 saturated carbocycles. The van der Waals surface area contributed by atoms with Crippen molar-refractivity contribution in [3.8, 4) is 28.5 Å². The van der Waals surface area contributed by atoms with Crippen molar-refractivity contribution < 1.29 is 19.4 Å². The smallest absolute Gasteiger partial charge is 0.273 e. The molecule has 8 heteroatoms. The Bertz CT molecular complexity index is 1430. The molecule has 7 nitrogen and oxygen atoms in total. The number of benzene rings is 3. The Hall–Kier alpha value is -3.97. The number of nitrogens with one attached hydrogen (secondary N) is 1. The Balaban J connectivity index is 1.62. The third-order valence-electron chi connectivity index (χ3n) is 6.36. The maximum Gasteiger partial charge on any atom is 0.273 e. The minimum atomic E-state index is -0.473. The van der Waals surface area contributed by atoms with E-state index < -0.39 is 6.04 Å². The van der Waals surface area contributed by atoms with E-state index >= 15 is 0 Å². The molecule has 0 radical (unpaired) electrons. The number of hydrogen-bond donors (Lipinski definition) is 2. The first-order valence-corrected chi connectivity index (χ1v) is 12.5. The average molecular weight is 518 g/mol. The van der Waals surface area contributed by atoms with Crippen LogP contribution in [0.5, 0.6) is 17.2 Å². The van der Waals surface area contributed by atoms with E-state index in [1.54, 1.807) is 30.2 Å². The van der Waals surface area contributed by atoms with Crippen molar-refractivity contribution in [2.24, 2.45) is 5.92 Å². The molecular weight excluding hydrogens is 490 g/mol. The van der Waals surface area contributed by atoms with Crippen LogP contribution in [0.15, 0.2) is 66.7 Å². The number of ether oxygens (including phenoxy) is 2. The van der Waals surface area contributed by atoms with Gasteiger partial charge >= 0.3 is 0 Å². The Morgan fingerprint density at radius 3 is 2.54 bits per heavy atom. The number of carbonyl (C=O) groups excluding carboxylic acids is 1. The number of H-pyrrole nitrogens is 1. The van der Waals surface area contributed by atoms with Gasteiger partial charge in [-0.3, -0.25) is 9.89 Å². The van der Waals surface area contributed by atoms with Crippen LogP contribution < -0.4 is 9.47 Å². The van der Waals surface area contributed by atoms with Gasteiger partial charge in [0.2, 0.25) is 0 Å². The molecule has 5 rings (SSSR count). The number of para-hydroxylation sites is 1. The van der Waals surface area contributed by atoms with Crippen molar-refractivity contribution in [3.63, 3.8) is 0 Å². The molecule has 4 aromatic rings. The van der Waals surface area contributed by atoms with Gasteiger partial charge in [0.1, 0.15) is 17.1 Å². The highest BCUT2D eigenvalue weighted by molar-refractivity contribution is 6.30. The summed E-state index contributed by atoms with van der Waals surface area (Å²) in [6.45, 7) is 5.09. The monoisotopic (exact) mass is 517 g/mol. The number of hydrogen-bond acceptors (Lipinski definition) is 5. The summed E-state index contributed by atoms with van der Waals surface area (Å²) in [5, 5.41) is 18.6. The van der Waals surface area contributed by atoms with Gasteiger partial charge < -0.3 is 19.5 Å². The van der Waals surface area contributed by atoms with Crippen molar-refractivity contribution in [1.82, 2.24) is 15.1 Å². The third-order valence-corrected chi connectivity index (χ3v) is 6.62. The van der Waals surface area contributed by atoms with E-state index in [9.17, 15) is 9.90 Å². The molecule has 1 aliphatic rings. The molecule has 190 valence electrons. The van der Waals surface area contributed by atoms with Crippen LogP contribution in [-0.2, 0) is 6.54 Å². The maximum atomic E-state index is 13.7. The van der Waals surface area contributed by atoms with Gasteiger partial charge in [0.05, 0.1) is 19.8 Å². The van der Waals surface area contributed by atoms with Crippen LogP contribution in [0.25, 0.3) is 11.3 Å². The van der Waals surface area contributed by atoms with Crippen LogP contribution in [-0.4, -0.2) is 39.8 Å². The zero-order chi connectivity index (χ0) is 26.1. The first-order chi connectivity index (χ1) is 17.9. The second kappa shape index (κ2) is 10.2. The van der Waals surface area contributed by atoms with Gasteiger partial charge in [-0.15, -0.1) is 0 Å². The van der Waals surface area contributed by atoms with E-state index in [0.717, 1.165) is 11.1 Å². The molecule has 0 saturated heterocycles. The molecule has 1 aliphatic heterocycles. The number of amides is 1. The first-order valence-electron chi connectivity index (χ1n) is 12.1. The summed E-state index contributed by atoms with van der Waals surface area (Å²) in [7, 11) is 1.60. The SMILES string of the molecule is COc1cc(C2c3c(-c4ccccc4O)n[nH]c3C(=O)N2Cc2ccc(Cl)cc2)ccc1OCC(C)C. The third kappa shape index (κ3) is 4.74. The highest BCUT2D eigenvalue weighted by Crippen LogP contribution is 2.46. The van der Waals surface area contributed by atoms with E-state index in [1.807, 2.05) is 48.5 Å². The first kappa shape index (κ1) is 24.7. The van der Waals surface area contributed by atoms with E-state index in [0.29, 0.717) is 58.1 Å². The summed E-state index contributed by atoms with van der Waals surface area (Å²) >= 11 is 6.09. The average Bonchev–Trinajstić information content (AvgIpc) is 3.43. The molecule has 1 amide bonds. The van der Waals surface area contributed by atoms with Crippen molar-refractivity contribution in [1.29, 1.82) is 0 Å². The number of phenolic OH excluding ortho intramolecular Hbond substituents is 1. The Morgan fingerprint density at radius 2 is 1.84 bits per heavy atom. The standard InChI is InChI=1S/C29H28ClN3O4/c1-17(2)16-37-23-13-10-19(14-24(23)36-3)28-25-26(21-6-4-5-7-22(21)34)31-32-27(25)29(35)33(28)15-18-8-11-20(30)12-9-18/h4-14,17,28,34H,15-16H2,1-3H3,(H,31,32). The van der Waals surface area contributed by atoms with E-state index in [2.05, 4.69) is 24.0 Å². The number of rotatable bonds is 8. The predicted octanol–water partition coefficient (Wildman–Crippen LogP) is 6.22. The molecule has 37 heavy (non-hydrogen) atoms. The molecular formula is C29H28ClN3O4. The molecule has 1 atom stereocenters. The highest BCUT2D eigenvalue weighted by Gasteiger charge is 2.42. The van der Waals surface area contributed by atoms with Crippen LogP contribution in [0.2, 0.25) is 5.02 Å². The quantitative estimate of drug-likeness (QED) is 0.289. The molecule has 1 aromatic heterocycles. The maximum absolute atomic E-state index is 13.7. The van der Waals surface area contributed by atoms with Crippen LogP contribution in [0, 0.1) is 5.92 Å². The summed E-state index contributed by atoms with van der Waals surface area (Å²) in [4.78, 5) is 15.5. The summed E-state index contributed by atoms with van der Waals surface area (Å²) in [5.74, 6) is 1.50. The van der Waals surface area contributed by atoms with E-state index in [-0.39, 0.29) is 11.7 Å². The van der Waals surface area contributed by atoms with E-state index in [1.165, 1.54) is 0 Å². The van der Waals surface area contributed by atoms with Gasteiger partial charge in [0, 0.05) is 22.7 Å². The number of phenols is 1. The van der Waals surface area contributed by atoms with Crippen LogP contribution in [0.1, 0.15) is 47.1 Å². The molecule has 2 N–H and O–H groups in total. The number of carbonyl (C=O) groups is 1. The van der Waals surface area contributed by atoms with Crippen LogP contribution in [0.4, 0.5) is 0 Å². The fourth-order valence-electron chi connectivity index (χ4n) is 4.60. The van der Waals surface area contributed by atoms with Gasteiger partial charge in [-0.05, 0) is 53.4 Å². The summed E-state index contributed by atoms with van der Waals surface area (Å²) < 4.78 is 11.6.